The van der Waals surface area contributed by atoms with Gasteiger partial charge in [-0.3, -0.25) is 0 Å². The number of aryl methyl sites for hydroxylation is 1. The van der Waals surface area contributed by atoms with Crippen LogP contribution in [-0.2, 0) is 11.3 Å². The molecule has 5 nitrogen and oxygen atoms in total. The van der Waals surface area contributed by atoms with Crippen LogP contribution in [0, 0.1) is 0 Å². The first-order chi connectivity index (χ1) is 9.83. The summed E-state index contributed by atoms with van der Waals surface area (Å²) in [5, 5.41) is 3.37. The fraction of sp³-hybridized carbons (Fsp3) is 0.533. The smallest absolute Gasteiger partial charge is 0.140 e. The molecule has 5 heteroatoms. The van der Waals surface area contributed by atoms with E-state index in [0.717, 1.165) is 55.3 Å². The first-order valence-electron chi connectivity index (χ1n) is 7.20. The monoisotopic (exact) mass is 275 g/mol. The van der Waals surface area contributed by atoms with Crippen LogP contribution < -0.4 is 10.1 Å². The first-order valence-corrected chi connectivity index (χ1v) is 7.20. The standard InChI is InChI=1S/C15H21N3O2/c1-3-7-18-13-5-4-11(19-2)9-12(13)17-15(18)14-10-16-6-8-20-14/h4-5,9,14,16H,3,6-8,10H2,1-2H3. The van der Waals surface area contributed by atoms with Crippen molar-refractivity contribution < 1.29 is 9.47 Å². The Labute approximate surface area is 118 Å². The number of nitrogens with zero attached hydrogens (tertiary/aromatic N) is 2. The van der Waals surface area contributed by atoms with Gasteiger partial charge in [-0.1, -0.05) is 6.92 Å². The minimum absolute atomic E-state index is 0.0358. The Hall–Kier alpha value is -1.59. The molecule has 1 aliphatic rings. The van der Waals surface area contributed by atoms with Crippen LogP contribution in [0.1, 0.15) is 25.3 Å². The molecule has 2 heterocycles. The lowest BCUT2D eigenvalue weighted by molar-refractivity contribution is 0.0202. The van der Waals surface area contributed by atoms with Crippen molar-refractivity contribution in [2.45, 2.75) is 26.0 Å². The van der Waals surface area contributed by atoms with Crippen LogP contribution in [0.15, 0.2) is 18.2 Å². The lowest BCUT2D eigenvalue weighted by Gasteiger charge is -2.24. The van der Waals surface area contributed by atoms with Gasteiger partial charge in [0.2, 0.25) is 0 Å². The van der Waals surface area contributed by atoms with Crippen molar-refractivity contribution in [1.29, 1.82) is 0 Å². The minimum atomic E-state index is 0.0358. The Morgan fingerprint density at radius 3 is 3.10 bits per heavy atom. The number of aromatic nitrogens is 2. The van der Waals surface area contributed by atoms with Gasteiger partial charge in [0, 0.05) is 25.7 Å². The molecule has 0 radical (unpaired) electrons. The van der Waals surface area contributed by atoms with Gasteiger partial charge in [0.1, 0.15) is 17.7 Å². The van der Waals surface area contributed by atoms with E-state index >= 15 is 0 Å². The average molecular weight is 275 g/mol. The summed E-state index contributed by atoms with van der Waals surface area (Å²) < 4.78 is 13.4. The zero-order valence-electron chi connectivity index (χ0n) is 12.1. The highest BCUT2D eigenvalue weighted by molar-refractivity contribution is 5.78. The van der Waals surface area contributed by atoms with Crippen molar-refractivity contribution in [2.24, 2.45) is 0 Å². The molecule has 3 rings (SSSR count). The van der Waals surface area contributed by atoms with Gasteiger partial charge in [-0.15, -0.1) is 0 Å². The minimum Gasteiger partial charge on any atom is -0.497 e. The fourth-order valence-corrected chi connectivity index (χ4v) is 2.69. The van der Waals surface area contributed by atoms with Gasteiger partial charge in [0.05, 0.1) is 24.8 Å². The second kappa shape index (κ2) is 5.81. The topological polar surface area (TPSA) is 48.3 Å². The van der Waals surface area contributed by atoms with Gasteiger partial charge >= 0.3 is 0 Å². The van der Waals surface area contributed by atoms with Gasteiger partial charge in [-0.05, 0) is 18.6 Å². The molecule has 1 unspecified atom stereocenters. The predicted molar refractivity (Wildman–Crippen MR) is 78.1 cm³/mol. The number of nitrogens with one attached hydrogen (secondary N) is 1. The first kappa shape index (κ1) is 13.4. The highest BCUT2D eigenvalue weighted by Gasteiger charge is 2.22. The average Bonchev–Trinajstić information content (AvgIpc) is 2.86. The van der Waals surface area contributed by atoms with Crippen molar-refractivity contribution in [3.05, 3.63) is 24.0 Å². The number of fused-ring (bicyclic) bond motifs is 1. The number of hydrogen-bond donors (Lipinski definition) is 1. The summed E-state index contributed by atoms with van der Waals surface area (Å²) in [4.78, 5) is 4.78. The quantitative estimate of drug-likeness (QED) is 0.928. The molecule has 0 amide bonds. The predicted octanol–water partition coefficient (Wildman–Crippen LogP) is 2.12. The summed E-state index contributed by atoms with van der Waals surface area (Å²) >= 11 is 0. The summed E-state index contributed by atoms with van der Waals surface area (Å²) in [6.45, 7) is 5.61. The van der Waals surface area contributed by atoms with E-state index in [1.54, 1.807) is 7.11 Å². The van der Waals surface area contributed by atoms with E-state index in [-0.39, 0.29) is 6.10 Å². The van der Waals surface area contributed by atoms with E-state index in [2.05, 4.69) is 22.9 Å². The fourth-order valence-electron chi connectivity index (χ4n) is 2.69. The van der Waals surface area contributed by atoms with Crippen LogP contribution in [-0.4, -0.2) is 36.4 Å². The molecule has 1 atom stereocenters. The molecule has 1 fully saturated rings. The van der Waals surface area contributed by atoms with Crippen molar-refractivity contribution in [3.63, 3.8) is 0 Å². The number of rotatable bonds is 4. The van der Waals surface area contributed by atoms with E-state index in [9.17, 15) is 0 Å². The summed E-state index contributed by atoms with van der Waals surface area (Å²) in [6.07, 6.45) is 1.11. The lowest BCUT2D eigenvalue weighted by atomic mass is 10.2. The molecular weight excluding hydrogens is 254 g/mol. The third kappa shape index (κ3) is 2.39. The van der Waals surface area contributed by atoms with Crippen LogP contribution in [0.5, 0.6) is 5.75 Å². The number of benzene rings is 1. The summed E-state index contributed by atoms with van der Waals surface area (Å²) in [6, 6.07) is 6.05. The maximum Gasteiger partial charge on any atom is 0.140 e. The molecule has 0 saturated carbocycles. The summed E-state index contributed by atoms with van der Waals surface area (Å²) in [5.41, 5.74) is 2.12. The Balaban J connectivity index is 2.06. The number of imidazole rings is 1. The second-order valence-electron chi connectivity index (χ2n) is 5.04. The van der Waals surface area contributed by atoms with Crippen molar-refractivity contribution in [3.8, 4) is 5.75 Å². The van der Waals surface area contributed by atoms with Crippen molar-refractivity contribution in [2.75, 3.05) is 26.8 Å². The van der Waals surface area contributed by atoms with Gasteiger partial charge in [0.15, 0.2) is 0 Å². The molecule has 108 valence electrons. The van der Waals surface area contributed by atoms with Crippen LogP contribution in [0.25, 0.3) is 11.0 Å². The van der Waals surface area contributed by atoms with Crippen LogP contribution in [0.4, 0.5) is 0 Å². The zero-order valence-corrected chi connectivity index (χ0v) is 12.1. The summed E-state index contributed by atoms with van der Waals surface area (Å²) in [7, 11) is 1.68. The maximum absolute atomic E-state index is 5.86. The van der Waals surface area contributed by atoms with Crippen molar-refractivity contribution >= 4 is 11.0 Å². The van der Waals surface area contributed by atoms with E-state index in [0.29, 0.717) is 0 Å². The van der Waals surface area contributed by atoms with E-state index < -0.39 is 0 Å². The molecule has 2 aromatic rings. The SMILES string of the molecule is CCCn1c(C2CNCCO2)nc2cc(OC)ccc21. The normalized spacial score (nSPS) is 19.4. The molecule has 1 N–H and O–H groups in total. The number of ether oxygens (including phenoxy) is 2. The van der Waals surface area contributed by atoms with Crippen LogP contribution in [0.3, 0.4) is 0 Å². The molecule has 0 bridgehead atoms. The van der Waals surface area contributed by atoms with Gasteiger partial charge in [-0.25, -0.2) is 4.98 Å². The van der Waals surface area contributed by atoms with Gasteiger partial charge in [-0.2, -0.15) is 0 Å². The lowest BCUT2D eigenvalue weighted by Crippen LogP contribution is -2.34. The number of morpholine rings is 1. The van der Waals surface area contributed by atoms with Crippen LogP contribution >= 0.6 is 0 Å². The molecule has 0 aliphatic carbocycles. The molecule has 0 spiro atoms. The zero-order chi connectivity index (χ0) is 13.9. The van der Waals surface area contributed by atoms with E-state index in [4.69, 9.17) is 14.5 Å². The largest absolute Gasteiger partial charge is 0.497 e. The molecule has 20 heavy (non-hydrogen) atoms. The second-order valence-corrected chi connectivity index (χ2v) is 5.04. The molecule has 1 aromatic carbocycles. The Bertz CT molecular complexity index is 588. The highest BCUT2D eigenvalue weighted by Crippen LogP contribution is 2.27. The van der Waals surface area contributed by atoms with E-state index in [1.807, 2.05) is 12.1 Å². The molecule has 1 aliphatic heterocycles. The molecule has 1 aromatic heterocycles. The molecule has 1 saturated heterocycles. The Morgan fingerprint density at radius 2 is 2.40 bits per heavy atom. The van der Waals surface area contributed by atoms with Crippen LogP contribution in [0.2, 0.25) is 0 Å². The van der Waals surface area contributed by atoms with Gasteiger partial charge in [0.25, 0.3) is 0 Å². The van der Waals surface area contributed by atoms with Crippen molar-refractivity contribution in [1.82, 2.24) is 14.9 Å². The molecular formula is C15H21N3O2. The third-order valence-electron chi connectivity index (χ3n) is 3.65. The van der Waals surface area contributed by atoms with E-state index in [1.165, 1.54) is 0 Å². The summed E-state index contributed by atoms with van der Waals surface area (Å²) in [5.74, 6) is 1.86. The highest BCUT2D eigenvalue weighted by atomic mass is 16.5. The van der Waals surface area contributed by atoms with Gasteiger partial charge < -0.3 is 19.4 Å². The number of hydrogen-bond acceptors (Lipinski definition) is 4. The Kier molecular flexibility index (Phi) is 3.89. The third-order valence-corrected chi connectivity index (χ3v) is 3.65. The maximum atomic E-state index is 5.86. The number of methoxy groups -OCH3 is 1. The Morgan fingerprint density at radius 1 is 1.50 bits per heavy atom.